The van der Waals surface area contributed by atoms with E-state index in [2.05, 4.69) is 104 Å². The summed E-state index contributed by atoms with van der Waals surface area (Å²) < 4.78 is 0. The van der Waals surface area contributed by atoms with Crippen LogP contribution in [0, 0.1) is 31.6 Å². The van der Waals surface area contributed by atoms with Crippen molar-refractivity contribution in [2.75, 3.05) is 38.2 Å². The first-order valence-electron chi connectivity index (χ1n) is 22.5. The van der Waals surface area contributed by atoms with E-state index >= 15 is 0 Å². The van der Waals surface area contributed by atoms with Crippen molar-refractivity contribution >= 4 is 23.0 Å². The van der Waals surface area contributed by atoms with Crippen molar-refractivity contribution in [3.63, 3.8) is 0 Å². The Kier molecular flexibility index (Phi) is 36.4. The Hall–Kier alpha value is -2.73. The summed E-state index contributed by atoms with van der Waals surface area (Å²) in [5.41, 5.74) is 8.66. The molecule has 2 rings (SSSR count). The average Bonchev–Trinajstić information content (AvgIpc) is 3.65. The van der Waals surface area contributed by atoms with Crippen LogP contribution in [0.5, 0.6) is 0 Å². The smallest absolute Gasteiger partial charge is 0.160 e. The third-order valence-electron chi connectivity index (χ3n) is 10.7. The number of likely N-dealkylation sites (N-methyl/N-ethyl adjacent to an activating group) is 1. The van der Waals surface area contributed by atoms with Crippen LogP contribution >= 0.6 is 0 Å². The Labute approximate surface area is 348 Å². The fraction of sp³-hybridized carbons (Fsp3) is 0.740. The molecule has 0 fully saturated rings. The number of hydrogen-bond acceptors (Lipinski definition) is 6. The standard InChI is InChI=1S/C19H31NO2.C14H23N.C10H22.C4H10.C3H6O2/c1-7-13(3)18(22)12-20(6)17-11-9-10-16(17)19(15(5)21)14(4)8-2;1-5-10-15(11-6-2)14-9-7-8-12(3)13(14)4;1-5-7-10(4)8-9(3)6-2;1-3-4-2;1-3(5)2-4/h13H,7-12H2,1-6H3;7-9H,5-6,10-11H2,1-4H3;9-10H,5-8H2,1-4H3;3-4H2,1-2H3;4H,2H2,1H3. The first kappa shape index (κ1) is 57.6. The number of Topliss-reactive ketones (excluding diaryl/α,β-unsaturated/α-hetero) is 3. The highest BCUT2D eigenvalue weighted by atomic mass is 16.3. The molecule has 1 aliphatic carbocycles. The van der Waals surface area contributed by atoms with Gasteiger partial charge in [0.15, 0.2) is 17.3 Å². The molecule has 0 aliphatic heterocycles. The van der Waals surface area contributed by atoms with Crippen LogP contribution < -0.4 is 4.90 Å². The number of unbranched alkanes of at least 4 members (excludes halogenated alkanes) is 1. The zero-order valence-corrected chi connectivity index (χ0v) is 40.1. The fourth-order valence-electron chi connectivity index (χ4n) is 6.51. The molecule has 0 heterocycles. The van der Waals surface area contributed by atoms with Crippen LogP contribution in [0.25, 0.3) is 0 Å². The van der Waals surface area contributed by atoms with Gasteiger partial charge in [-0.15, -0.1) is 0 Å². The van der Waals surface area contributed by atoms with Gasteiger partial charge in [0.1, 0.15) is 6.61 Å². The van der Waals surface area contributed by atoms with Crippen LogP contribution in [0.2, 0.25) is 0 Å². The summed E-state index contributed by atoms with van der Waals surface area (Å²) in [5.74, 6) is 2.22. The lowest BCUT2D eigenvalue weighted by atomic mass is 9.92. The Morgan fingerprint density at radius 1 is 0.768 bits per heavy atom. The quantitative estimate of drug-likeness (QED) is 0.133. The number of rotatable bonds is 20. The molecule has 0 amide bonds. The van der Waals surface area contributed by atoms with Crippen molar-refractivity contribution in [2.45, 2.75) is 194 Å². The second kappa shape index (κ2) is 35.4. The van der Waals surface area contributed by atoms with Crippen LogP contribution in [0.3, 0.4) is 0 Å². The highest BCUT2D eigenvalue weighted by Gasteiger charge is 2.25. The minimum atomic E-state index is -0.333. The van der Waals surface area contributed by atoms with E-state index in [0.717, 1.165) is 68.2 Å². The minimum Gasteiger partial charge on any atom is -0.389 e. The maximum absolute atomic E-state index is 12.2. The Balaban J connectivity index is -0.000000713. The zero-order valence-electron chi connectivity index (χ0n) is 40.1. The highest BCUT2D eigenvalue weighted by molar-refractivity contribution is 5.98. The van der Waals surface area contributed by atoms with Crippen molar-refractivity contribution in [3.05, 3.63) is 51.7 Å². The predicted octanol–water partition coefficient (Wildman–Crippen LogP) is 13.4. The van der Waals surface area contributed by atoms with Gasteiger partial charge >= 0.3 is 0 Å². The van der Waals surface area contributed by atoms with Crippen LogP contribution in [0.15, 0.2) is 40.6 Å². The molecule has 0 aromatic heterocycles. The number of carbonyl (C=O) groups excluding carboxylic acids is 3. The summed E-state index contributed by atoms with van der Waals surface area (Å²) in [6, 6.07) is 6.60. The highest BCUT2D eigenvalue weighted by Crippen LogP contribution is 2.35. The molecule has 0 radical (unpaired) electrons. The van der Waals surface area contributed by atoms with Gasteiger partial charge in [0.2, 0.25) is 0 Å². The number of aliphatic hydroxyl groups is 1. The summed E-state index contributed by atoms with van der Waals surface area (Å²) in [5, 5.41) is 7.79. The predicted molar refractivity (Wildman–Crippen MR) is 247 cm³/mol. The van der Waals surface area contributed by atoms with Gasteiger partial charge in [-0.05, 0) is 121 Å². The normalized spacial score (nSPS) is 13.8. The van der Waals surface area contributed by atoms with E-state index in [-0.39, 0.29) is 29.9 Å². The number of nitrogens with zero attached hydrogens (tertiary/aromatic N) is 2. The number of carbonyl (C=O) groups is 3. The summed E-state index contributed by atoms with van der Waals surface area (Å²) in [4.78, 5) is 38.4. The third-order valence-corrected chi connectivity index (χ3v) is 10.7. The molecule has 0 spiro atoms. The van der Waals surface area contributed by atoms with Crippen molar-refractivity contribution in [2.24, 2.45) is 17.8 Å². The van der Waals surface area contributed by atoms with Crippen molar-refractivity contribution in [3.8, 4) is 0 Å². The van der Waals surface area contributed by atoms with E-state index in [1.165, 1.54) is 86.4 Å². The number of aryl methyl sites for hydroxylation is 1. The van der Waals surface area contributed by atoms with Gasteiger partial charge in [0.05, 0.1) is 6.54 Å². The third kappa shape index (κ3) is 25.5. The van der Waals surface area contributed by atoms with Gasteiger partial charge in [-0.25, -0.2) is 0 Å². The summed E-state index contributed by atoms with van der Waals surface area (Å²) in [7, 11) is 1.99. The minimum absolute atomic E-state index is 0.105. The van der Waals surface area contributed by atoms with Crippen LogP contribution in [0.4, 0.5) is 5.69 Å². The molecule has 56 heavy (non-hydrogen) atoms. The van der Waals surface area contributed by atoms with Crippen molar-refractivity contribution < 1.29 is 19.5 Å². The molecule has 326 valence electrons. The summed E-state index contributed by atoms with van der Waals surface area (Å²) in [6.07, 6.45) is 15.3. The zero-order chi connectivity index (χ0) is 43.8. The topological polar surface area (TPSA) is 77.9 Å². The molecule has 1 aromatic rings. The van der Waals surface area contributed by atoms with Gasteiger partial charge in [0, 0.05) is 43.0 Å². The number of ketones is 3. The molecule has 0 saturated carbocycles. The second-order valence-corrected chi connectivity index (χ2v) is 16.2. The van der Waals surface area contributed by atoms with Crippen LogP contribution in [-0.2, 0) is 14.4 Å². The van der Waals surface area contributed by atoms with E-state index in [0.29, 0.717) is 6.54 Å². The monoisotopic (exact) mass is 785 g/mol. The van der Waals surface area contributed by atoms with E-state index in [1.54, 1.807) is 6.92 Å². The summed E-state index contributed by atoms with van der Waals surface area (Å²) in [6.45, 7) is 36.1. The largest absolute Gasteiger partial charge is 0.389 e. The van der Waals surface area contributed by atoms with E-state index in [1.807, 2.05) is 27.8 Å². The lowest BCUT2D eigenvalue weighted by molar-refractivity contribution is -0.123. The molecule has 3 atom stereocenters. The molecular formula is C50H92N2O4. The Morgan fingerprint density at radius 3 is 1.73 bits per heavy atom. The van der Waals surface area contributed by atoms with Gasteiger partial charge < -0.3 is 14.9 Å². The average molecular weight is 785 g/mol. The van der Waals surface area contributed by atoms with Crippen LogP contribution in [-0.4, -0.2) is 60.6 Å². The molecule has 1 aliphatic rings. The van der Waals surface area contributed by atoms with Gasteiger partial charge in [-0.2, -0.15) is 0 Å². The van der Waals surface area contributed by atoms with Gasteiger partial charge in [-0.3, -0.25) is 14.4 Å². The lowest BCUT2D eigenvalue weighted by Crippen LogP contribution is -2.29. The second-order valence-electron chi connectivity index (χ2n) is 16.2. The Bertz CT molecular complexity index is 1260. The van der Waals surface area contributed by atoms with Crippen molar-refractivity contribution in [1.29, 1.82) is 0 Å². The molecule has 3 unspecified atom stereocenters. The van der Waals surface area contributed by atoms with Crippen molar-refractivity contribution in [1.82, 2.24) is 4.90 Å². The number of benzene rings is 1. The first-order chi connectivity index (χ1) is 26.4. The number of anilines is 1. The van der Waals surface area contributed by atoms with Gasteiger partial charge in [0.25, 0.3) is 0 Å². The Morgan fingerprint density at radius 2 is 1.32 bits per heavy atom. The molecule has 1 aromatic carbocycles. The number of aliphatic hydroxyl groups excluding tert-OH is 1. The lowest BCUT2D eigenvalue weighted by Gasteiger charge is -2.26. The maximum atomic E-state index is 12.2. The van der Waals surface area contributed by atoms with E-state index in [4.69, 9.17) is 5.11 Å². The molecule has 6 heteroatoms. The van der Waals surface area contributed by atoms with E-state index in [9.17, 15) is 14.4 Å². The number of allylic oxidation sites excluding steroid dienone is 4. The molecule has 0 bridgehead atoms. The SMILES string of the molecule is CC(=O)CO.CCC(C)=C(C(C)=O)C1=C(N(C)CC(=O)C(C)CC)CCC1.CCCC.CCCC(C)CC(C)CC.CCCN(CCC)c1cccc(C)c1C. The molecule has 0 saturated heterocycles. The molecular weight excluding hydrogens is 693 g/mol. The van der Waals surface area contributed by atoms with Gasteiger partial charge in [-0.1, -0.05) is 126 Å². The maximum Gasteiger partial charge on any atom is 0.160 e. The molecule has 1 N–H and O–H groups in total. The first-order valence-corrected chi connectivity index (χ1v) is 22.5. The fourth-order valence-corrected chi connectivity index (χ4v) is 6.51. The number of hydrogen-bond donors (Lipinski definition) is 1. The van der Waals surface area contributed by atoms with E-state index < -0.39 is 0 Å². The summed E-state index contributed by atoms with van der Waals surface area (Å²) >= 11 is 0. The van der Waals surface area contributed by atoms with Crippen LogP contribution in [0.1, 0.15) is 192 Å². The molecule has 6 nitrogen and oxygen atoms in total.